The largest absolute Gasteiger partial charge is 0.492 e. The molecule has 0 fully saturated rings. The number of aromatic hydroxyl groups is 1. The quantitative estimate of drug-likeness (QED) is 0.754. The fourth-order valence-corrected chi connectivity index (χ4v) is 2.76. The lowest BCUT2D eigenvalue weighted by Crippen LogP contribution is -2.40. The molecule has 130 valence electrons. The van der Waals surface area contributed by atoms with Crippen LogP contribution in [0.25, 0.3) is 0 Å². The molecule has 0 spiro atoms. The third-order valence-corrected chi connectivity index (χ3v) is 3.90. The number of aromatic nitrogens is 2. The predicted molar refractivity (Wildman–Crippen MR) is 90.2 cm³/mol. The van der Waals surface area contributed by atoms with Crippen molar-refractivity contribution >= 4 is 23.2 Å². The maximum Gasteiger partial charge on any atom is 0.348 e. The minimum absolute atomic E-state index is 0.0279. The highest BCUT2D eigenvalue weighted by Gasteiger charge is 2.23. The number of imidazole rings is 1. The summed E-state index contributed by atoms with van der Waals surface area (Å²) < 4.78 is 0.846. The molecule has 1 unspecified atom stereocenters. The van der Waals surface area contributed by atoms with E-state index in [1.807, 2.05) is 6.92 Å². The van der Waals surface area contributed by atoms with E-state index in [0.717, 1.165) is 27.2 Å². The van der Waals surface area contributed by atoms with Gasteiger partial charge in [0.05, 0.1) is 17.6 Å². The zero-order valence-electron chi connectivity index (χ0n) is 13.7. The highest BCUT2D eigenvalue weighted by atomic mass is 16.3. The van der Waals surface area contributed by atoms with E-state index in [9.17, 15) is 19.5 Å². The number of carbonyl (C=O) groups is 2. The third-order valence-electron chi connectivity index (χ3n) is 3.90. The summed E-state index contributed by atoms with van der Waals surface area (Å²) in [5, 5.41) is 15.0. The summed E-state index contributed by atoms with van der Waals surface area (Å²) in [5.74, 6) is -0.976. The molecule has 0 bridgehead atoms. The van der Waals surface area contributed by atoms with Crippen LogP contribution in [0.1, 0.15) is 25.8 Å². The molecule has 3 rings (SSSR count). The predicted octanol–water partition coefficient (Wildman–Crippen LogP) is 0.558. The Balaban J connectivity index is 1.97. The van der Waals surface area contributed by atoms with E-state index >= 15 is 0 Å². The molecule has 0 saturated heterocycles. The van der Waals surface area contributed by atoms with Gasteiger partial charge in [-0.15, -0.1) is 0 Å². The Morgan fingerprint density at radius 3 is 2.52 bits per heavy atom. The highest BCUT2D eigenvalue weighted by Crippen LogP contribution is 2.22. The van der Waals surface area contributed by atoms with Gasteiger partial charge in [-0.3, -0.25) is 9.59 Å². The molecule has 1 aromatic carbocycles. The second-order valence-electron chi connectivity index (χ2n) is 5.78. The molecule has 9 nitrogen and oxygen atoms in total. The van der Waals surface area contributed by atoms with Crippen LogP contribution in [0.15, 0.2) is 40.4 Å². The Labute approximate surface area is 142 Å². The Bertz CT molecular complexity index is 909. The normalized spacial score (nSPS) is 17.0. The molecule has 0 saturated carbocycles. The molecule has 1 aliphatic rings. The van der Waals surface area contributed by atoms with E-state index in [-0.39, 0.29) is 17.7 Å². The average molecular weight is 343 g/mol. The first-order valence-electron chi connectivity index (χ1n) is 7.65. The summed E-state index contributed by atoms with van der Waals surface area (Å²) in [6.45, 7) is 3.19. The number of H-pyrrole nitrogens is 1. The lowest BCUT2D eigenvalue weighted by Gasteiger charge is -2.23. The minimum Gasteiger partial charge on any atom is -0.492 e. The molecular weight excluding hydrogens is 326 g/mol. The van der Waals surface area contributed by atoms with Gasteiger partial charge in [0, 0.05) is 19.3 Å². The second kappa shape index (κ2) is 6.27. The summed E-state index contributed by atoms with van der Waals surface area (Å²) in [6, 6.07) is 6.77. The van der Waals surface area contributed by atoms with Gasteiger partial charge in [-0.25, -0.2) is 15.2 Å². The molecule has 3 N–H and O–H groups in total. The molecule has 2 amide bonds. The summed E-state index contributed by atoms with van der Waals surface area (Å²) in [4.78, 5) is 37.5. The molecule has 1 aromatic heterocycles. The van der Waals surface area contributed by atoms with E-state index in [1.54, 1.807) is 24.3 Å². The third kappa shape index (κ3) is 3.03. The van der Waals surface area contributed by atoms with Crippen LogP contribution in [-0.2, 0) is 9.59 Å². The first kappa shape index (κ1) is 16.5. The SMILES string of the molecule is CC(=O)N(c1ccc(C2=NNC(=O)CC2C)cc1)n1c(O)c[nH]c1=O. The van der Waals surface area contributed by atoms with Gasteiger partial charge in [0.25, 0.3) is 0 Å². The van der Waals surface area contributed by atoms with E-state index < -0.39 is 11.6 Å². The fraction of sp³-hybridized carbons (Fsp3) is 0.250. The van der Waals surface area contributed by atoms with E-state index in [2.05, 4.69) is 15.5 Å². The lowest BCUT2D eigenvalue weighted by molar-refractivity contribution is -0.122. The van der Waals surface area contributed by atoms with Gasteiger partial charge >= 0.3 is 5.69 Å². The Kier molecular flexibility index (Phi) is 4.14. The van der Waals surface area contributed by atoms with Crippen LogP contribution in [0.2, 0.25) is 0 Å². The first-order valence-corrected chi connectivity index (χ1v) is 7.65. The molecule has 0 radical (unpaired) electrons. The summed E-state index contributed by atoms with van der Waals surface area (Å²) in [7, 11) is 0. The number of rotatable bonds is 3. The number of nitrogens with zero attached hydrogens (tertiary/aromatic N) is 3. The maximum absolute atomic E-state index is 12.0. The number of benzene rings is 1. The number of amides is 2. The zero-order valence-corrected chi connectivity index (χ0v) is 13.7. The lowest BCUT2D eigenvalue weighted by atomic mass is 9.94. The topological polar surface area (TPSA) is 120 Å². The van der Waals surface area contributed by atoms with E-state index in [0.29, 0.717) is 12.1 Å². The van der Waals surface area contributed by atoms with Crippen molar-refractivity contribution in [3.63, 3.8) is 0 Å². The number of nitrogens with one attached hydrogen (secondary N) is 2. The number of hydrogen-bond acceptors (Lipinski definition) is 5. The van der Waals surface area contributed by atoms with Crippen LogP contribution < -0.4 is 16.1 Å². The summed E-state index contributed by atoms with van der Waals surface area (Å²) >= 11 is 0. The van der Waals surface area contributed by atoms with Gasteiger partial charge < -0.3 is 10.1 Å². The van der Waals surface area contributed by atoms with Gasteiger partial charge in [0.2, 0.25) is 17.7 Å². The molecule has 9 heteroatoms. The second-order valence-corrected chi connectivity index (χ2v) is 5.78. The smallest absolute Gasteiger partial charge is 0.348 e. The molecule has 0 aliphatic carbocycles. The molecular formula is C16H17N5O4. The number of aromatic amines is 1. The Morgan fingerprint density at radius 1 is 1.32 bits per heavy atom. The fourth-order valence-electron chi connectivity index (χ4n) is 2.76. The number of hydrazone groups is 1. The number of carbonyl (C=O) groups excluding carboxylic acids is 2. The zero-order chi connectivity index (χ0) is 18.1. The highest BCUT2D eigenvalue weighted by molar-refractivity contribution is 6.06. The summed E-state index contributed by atoms with van der Waals surface area (Å²) in [6.07, 6.45) is 1.46. The summed E-state index contributed by atoms with van der Waals surface area (Å²) in [5.41, 5.74) is 3.76. The van der Waals surface area contributed by atoms with Gasteiger partial charge in [-0.05, 0) is 17.7 Å². The van der Waals surface area contributed by atoms with E-state index in [1.165, 1.54) is 6.92 Å². The molecule has 1 atom stereocenters. The molecule has 2 aromatic rings. The van der Waals surface area contributed by atoms with Crippen molar-refractivity contribution in [2.75, 3.05) is 5.01 Å². The first-order chi connectivity index (χ1) is 11.9. The van der Waals surface area contributed by atoms with Crippen molar-refractivity contribution in [3.8, 4) is 5.88 Å². The van der Waals surface area contributed by atoms with Crippen molar-refractivity contribution in [3.05, 3.63) is 46.5 Å². The average Bonchev–Trinajstić information content (AvgIpc) is 2.88. The number of hydrogen-bond donors (Lipinski definition) is 3. The van der Waals surface area contributed by atoms with Gasteiger partial charge in [0.15, 0.2) is 0 Å². The molecule has 1 aliphatic heterocycles. The van der Waals surface area contributed by atoms with Gasteiger partial charge in [0.1, 0.15) is 0 Å². The number of anilines is 1. The minimum atomic E-state index is -0.634. The van der Waals surface area contributed by atoms with Crippen LogP contribution in [0.4, 0.5) is 5.69 Å². The van der Waals surface area contributed by atoms with Crippen LogP contribution in [0.3, 0.4) is 0 Å². The van der Waals surface area contributed by atoms with Crippen molar-refractivity contribution in [2.24, 2.45) is 11.0 Å². The maximum atomic E-state index is 12.0. The Morgan fingerprint density at radius 2 is 2.00 bits per heavy atom. The van der Waals surface area contributed by atoms with Crippen molar-refractivity contribution < 1.29 is 14.7 Å². The Hall–Kier alpha value is -3.36. The van der Waals surface area contributed by atoms with E-state index in [4.69, 9.17) is 0 Å². The van der Waals surface area contributed by atoms with Crippen molar-refractivity contribution in [1.29, 1.82) is 0 Å². The van der Waals surface area contributed by atoms with Crippen LogP contribution in [-0.4, -0.2) is 32.3 Å². The van der Waals surface area contributed by atoms with Crippen molar-refractivity contribution in [2.45, 2.75) is 20.3 Å². The molecule has 25 heavy (non-hydrogen) atoms. The van der Waals surface area contributed by atoms with Gasteiger partial charge in [-0.1, -0.05) is 19.1 Å². The standard InChI is InChI=1S/C16H17N5O4/c1-9-7-13(23)18-19-15(9)11-3-5-12(6-4-11)20(10(2)22)21-14(24)8-17-16(21)25/h3-6,8-9,24H,7H2,1-2H3,(H,17,25)(H,18,23). The van der Waals surface area contributed by atoms with Crippen LogP contribution >= 0.6 is 0 Å². The van der Waals surface area contributed by atoms with Gasteiger partial charge in [-0.2, -0.15) is 9.78 Å². The van der Waals surface area contributed by atoms with Crippen molar-refractivity contribution in [1.82, 2.24) is 15.1 Å². The van der Waals surface area contributed by atoms with Crippen LogP contribution in [0.5, 0.6) is 5.88 Å². The van der Waals surface area contributed by atoms with Crippen LogP contribution in [0, 0.1) is 5.92 Å². The monoisotopic (exact) mass is 343 g/mol. The molecule has 2 heterocycles.